The van der Waals surface area contributed by atoms with E-state index in [1.54, 1.807) is 11.6 Å². The molecule has 0 aromatic carbocycles. The van der Waals surface area contributed by atoms with Gasteiger partial charge in [-0.3, -0.25) is 4.79 Å². The number of hydrogen-bond acceptors (Lipinski definition) is 2. The fourth-order valence-electron chi connectivity index (χ4n) is 2.70. The van der Waals surface area contributed by atoms with Gasteiger partial charge in [-0.2, -0.15) is 0 Å². The number of amides is 1. The van der Waals surface area contributed by atoms with Gasteiger partial charge in [0.2, 0.25) is 0 Å². The lowest BCUT2D eigenvalue weighted by atomic mass is 10.1. The van der Waals surface area contributed by atoms with Gasteiger partial charge in [0.15, 0.2) is 0 Å². The lowest BCUT2D eigenvalue weighted by molar-refractivity contribution is -0.113. The second-order valence-electron chi connectivity index (χ2n) is 5.09. The number of nitrogens with one attached hydrogen (secondary N) is 1. The first kappa shape index (κ1) is 12.9. The molecule has 0 atom stereocenters. The first-order valence-electron chi connectivity index (χ1n) is 6.14. The number of aromatic nitrogens is 1. The fourth-order valence-corrected chi connectivity index (χ4v) is 3.11. The molecule has 1 aromatic heterocycles. The number of halogens is 3. The monoisotopic (exact) mass is 289 g/mol. The third-order valence-electron chi connectivity index (χ3n) is 3.74. The highest BCUT2D eigenvalue weighted by atomic mass is 35.5. The standard InChI is InChI=1S/C12H14ClF2N3O/c1-17-8-4-16-3-2-7(8)9(13)10(17)11(19)18-5-12(14,15)6-18/h16H,2-6H2,1H3. The van der Waals surface area contributed by atoms with Crippen molar-refractivity contribution in [2.45, 2.75) is 18.9 Å². The van der Waals surface area contributed by atoms with Gasteiger partial charge in [0.05, 0.1) is 18.1 Å². The van der Waals surface area contributed by atoms with Crippen molar-refractivity contribution in [2.75, 3.05) is 19.6 Å². The number of rotatable bonds is 1. The van der Waals surface area contributed by atoms with E-state index in [4.69, 9.17) is 11.6 Å². The largest absolute Gasteiger partial charge is 0.341 e. The SMILES string of the molecule is Cn1c2c(c(Cl)c1C(=O)N1CC(F)(F)C1)CCNC2. The average molecular weight is 290 g/mol. The number of fused-ring (bicyclic) bond motifs is 1. The maximum absolute atomic E-state index is 12.8. The minimum absolute atomic E-state index is 0.325. The van der Waals surface area contributed by atoms with E-state index in [0.717, 1.165) is 29.1 Å². The lowest BCUT2D eigenvalue weighted by Crippen LogP contribution is -2.58. The number of likely N-dealkylation sites (tertiary alicyclic amines) is 1. The average Bonchev–Trinajstić information content (AvgIpc) is 2.59. The van der Waals surface area contributed by atoms with E-state index < -0.39 is 24.9 Å². The molecule has 7 heteroatoms. The Morgan fingerprint density at radius 2 is 2.11 bits per heavy atom. The van der Waals surface area contributed by atoms with Gasteiger partial charge >= 0.3 is 0 Å². The molecule has 0 saturated carbocycles. The molecule has 2 aliphatic rings. The number of carbonyl (C=O) groups is 1. The maximum atomic E-state index is 12.8. The van der Waals surface area contributed by atoms with Crippen LogP contribution in [0.15, 0.2) is 0 Å². The van der Waals surface area contributed by atoms with Gasteiger partial charge in [-0.05, 0) is 18.5 Å². The number of nitrogens with zero attached hydrogens (tertiary/aromatic N) is 2. The van der Waals surface area contributed by atoms with Crippen molar-refractivity contribution in [1.29, 1.82) is 0 Å². The van der Waals surface area contributed by atoms with Gasteiger partial charge in [0.1, 0.15) is 5.69 Å². The summed E-state index contributed by atoms with van der Waals surface area (Å²) in [6.45, 7) is 0.424. The molecule has 1 amide bonds. The van der Waals surface area contributed by atoms with Crippen LogP contribution >= 0.6 is 11.6 Å². The van der Waals surface area contributed by atoms with Crippen LogP contribution < -0.4 is 5.32 Å². The molecule has 1 fully saturated rings. The van der Waals surface area contributed by atoms with Crippen molar-refractivity contribution in [3.05, 3.63) is 22.0 Å². The van der Waals surface area contributed by atoms with Crippen LogP contribution in [0.3, 0.4) is 0 Å². The van der Waals surface area contributed by atoms with E-state index >= 15 is 0 Å². The third-order valence-corrected chi connectivity index (χ3v) is 4.15. The van der Waals surface area contributed by atoms with Crippen LogP contribution in [0, 0.1) is 0 Å². The van der Waals surface area contributed by atoms with Crippen LogP contribution in [0.2, 0.25) is 5.02 Å². The minimum atomic E-state index is -2.76. The second-order valence-corrected chi connectivity index (χ2v) is 5.47. The summed E-state index contributed by atoms with van der Waals surface area (Å²) in [6, 6.07) is 0. The predicted octanol–water partition coefficient (Wildman–Crippen LogP) is 1.42. The summed E-state index contributed by atoms with van der Waals surface area (Å²) in [5.74, 6) is -3.16. The van der Waals surface area contributed by atoms with Crippen molar-refractivity contribution in [2.24, 2.45) is 7.05 Å². The van der Waals surface area contributed by atoms with Gasteiger partial charge in [-0.25, -0.2) is 8.78 Å². The van der Waals surface area contributed by atoms with E-state index in [1.165, 1.54) is 0 Å². The highest BCUT2D eigenvalue weighted by Crippen LogP contribution is 2.34. The van der Waals surface area contributed by atoms with E-state index in [1.807, 2.05) is 0 Å². The Hall–Kier alpha value is -1.14. The highest BCUT2D eigenvalue weighted by molar-refractivity contribution is 6.34. The summed E-state index contributed by atoms with van der Waals surface area (Å²) in [7, 11) is 1.75. The van der Waals surface area contributed by atoms with E-state index in [9.17, 15) is 13.6 Å². The van der Waals surface area contributed by atoms with Crippen molar-refractivity contribution in [1.82, 2.24) is 14.8 Å². The summed E-state index contributed by atoms with van der Waals surface area (Å²) in [4.78, 5) is 13.4. The van der Waals surface area contributed by atoms with Crippen LogP contribution in [-0.2, 0) is 20.0 Å². The lowest BCUT2D eigenvalue weighted by Gasteiger charge is -2.38. The Balaban J connectivity index is 1.93. The van der Waals surface area contributed by atoms with Crippen molar-refractivity contribution in [3.63, 3.8) is 0 Å². The first-order chi connectivity index (χ1) is 8.91. The molecule has 0 aliphatic carbocycles. The molecule has 1 aromatic rings. The van der Waals surface area contributed by atoms with Crippen LogP contribution in [0.1, 0.15) is 21.7 Å². The Morgan fingerprint density at radius 1 is 1.42 bits per heavy atom. The molecule has 3 heterocycles. The molecule has 2 aliphatic heterocycles. The van der Waals surface area contributed by atoms with Crippen molar-refractivity contribution in [3.8, 4) is 0 Å². The molecule has 19 heavy (non-hydrogen) atoms. The van der Waals surface area contributed by atoms with E-state index in [-0.39, 0.29) is 0 Å². The van der Waals surface area contributed by atoms with Crippen LogP contribution in [0.4, 0.5) is 8.78 Å². The second kappa shape index (κ2) is 4.18. The zero-order chi connectivity index (χ0) is 13.8. The van der Waals surface area contributed by atoms with Gasteiger partial charge < -0.3 is 14.8 Å². The van der Waals surface area contributed by atoms with Gasteiger partial charge in [-0.15, -0.1) is 0 Å². The molecule has 3 rings (SSSR count). The van der Waals surface area contributed by atoms with Gasteiger partial charge in [-0.1, -0.05) is 11.6 Å². The molecule has 104 valence electrons. The molecule has 4 nitrogen and oxygen atoms in total. The van der Waals surface area contributed by atoms with Crippen LogP contribution in [0.5, 0.6) is 0 Å². The van der Waals surface area contributed by atoms with Crippen molar-refractivity contribution >= 4 is 17.5 Å². The van der Waals surface area contributed by atoms with E-state index in [0.29, 0.717) is 17.3 Å². The Morgan fingerprint density at radius 3 is 2.68 bits per heavy atom. The molecule has 1 N–H and O–H groups in total. The number of carbonyl (C=O) groups excluding carboxylic acids is 1. The fraction of sp³-hybridized carbons (Fsp3) is 0.583. The summed E-state index contributed by atoms with van der Waals surface area (Å²) in [6.07, 6.45) is 0.755. The topological polar surface area (TPSA) is 37.3 Å². The zero-order valence-corrected chi connectivity index (χ0v) is 11.2. The molecular weight excluding hydrogens is 276 g/mol. The smallest absolute Gasteiger partial charge is 0.282 e. The predicted molar refractivity (Wildman–Crippen MR) is 66.7 cm³/mol. The summed E-state index contributed by atoms with van der Waals surface area (Å²) in [5, 5.41) is 3.62. The molecular formula is C12H14ClF2N3O. The molecule has 0 unspecified atom stereocenters. The zero-order valence-electron chi connectivity index (χ0n) is 10.5. The van der Waals surface area contributed by atoms with Gasteiger partial charge in [0, 0.05) is 19.3 Å². The van der Waals surface area contributed by atoms with Gasteiger partial charge in [0.25, 0.3) is 11.8 Å². The van der Waals surface area contributed by atoms with Crippen molar-refractivity contribution < 1.29 is 13.6 Å². The van der Waals surface area contributed by atoms with Crippen LogP contribution in [0.25, 0.3) is 0 Å². The molecule has 0 spiro atoms. The Labute approximate surface area is 114 Å². The Kier molecular flexibility index (Phi) is 2.83. The van der Waals surface area contributed by atoms with Crippen LogP contribution in [-0.4, -0.2) is 40.9 Å². The molecule has 1 saturated heterocycles. The number of alkyl halides is 2. The summed E-state index contributed by atoms with van der Waals surface area (Å²) >= 11 is 6.26. The quantitative estimate of drug-likeness (QED) is 0.849. The third kappa shape index (κ3) is 1.94. The van der Waals surface area contributed by atoms with E-state index in [2.05, 4.69) is 5.32 Å². The normalized spacial score (nSPS) is 20.9. The summed E-state index contributed by atoms with van der Waals surface area (Å²) in [5.41, 5.74) is 2.25. The highest BCUT2D eigenvalue weighted by Gasteiger charge is 2.47. The Bertz CT molecular complexity index is 518. The molecule has 0 bridgehead atoms. The summed E-state index contributed by atoms with van der Waals surface area (Å²) < 4.78 is 27.4. The molecule has 0 radical (unpaired) electrons. The maximum Gasteiger partial charge on any atom is 0.282 e. The number of hydrogen-bond donors (Lipinski definition) is 1. The minimum Gasteiger partial charge on any atom is -0.341 e. The first-order valence-corrected chi connectivity index (χ1v) is 6.52.